The topological polar surface area (TPSA) is 122 Å². The van der Waals surface area contributed by atoms with Crippen LogP contribution in [0, 0.1) is 11.6 Å². The number of anilines is 2. The lowest BCUT2D eigenvalue weighted by Crippen LogP contribution is -2.48. The molecule has 10 nitrogen and oxygen atoms in total. The molecular formula is C20H19F2N7O3. The average Bonchev–Trinajstić information content (AvgIpc) is 3.28. The van der Waals surface area contributed by atoms with E-state index in [1.165, 1.54) is 51.0 Å². The highest BCUT2D eigenvalue weighted by molar-refractivity contribution is 6.16. The van der Waals surface area contributed by atoms with Crippen molar-refractivity contribution in [1.29, 1.82) is 0 Å². The molecule has 1 aliphatic heterocycles. The number of aromatic amines is 1. The predicted octanol–water partition coefficient (Wildman–Crippen LogP) is 2.70. The van der Waals surface area contributed by atoms with Crippen LogP contribution in [0.2, 0.25) is 0 Å². The Morgan fingerprint density at radius 3 is 2.50 bits per heavy atom. The van der Waals surface area contributed by atoms with Crippen molar-refractivity contribution >= 4 is 34.7 Å². The summed E-state index contributed by atoms with van der Waals surface area (Å²) in [6.45, 7) is -0.177. The Hall–Kier alpha value is -4.22. The van der Waals surface area contributed by atoms with E-state index >= 15 is 8.78 Å². The van der Waals surface area contributed by atoms with Crippen LogP contribution in [0.3, 0.4) is 0 Å². The van der Waals surface area contributed by atoms with E-state index in [1.807, 2.05) is 0 Å². The molecule has 0 aliphatic carbocycles. The molecule has 1 aromatic carbocycles. The number of nitrogens with one attached hydrogen (secondary N) is 1. The van der Waals surface area contributed by atoms with Gasteiger partial charge in [-0.2, -0.15) is 5.10 Å². The van der Waals surface area contributed by atoms with Gasteiger partial charge in [0.05, 0.1) is 43.7 Å². The maximum absolute atomic E-state index is 15.2. The number of nitrogens with zero attached hydrogens (tertiary/aromatic N) is 5. The minimum atomic E-state index is -1.05. The van der Waals surface area contributed by atoms with Gasteiger partial charge in [-0.3, -0.25) is 19.9 Å². The highest BCUT2D eigenvalue weighted by atomic mass is 19.1. The summed E-state index contributed by atoms with van der Waals surface area (Å²) >= 11 is 0. The monoisotopic (exact) mass is 443 g/mol. The molecule has 4 rings (SSSR count). The number of halogens is 2. The zero-order valence-electron chi connectivity index (χ0n) is 17.4. The molecule has 166 valence electrons. The van der Waals surface area contributed by atoms with Crippen LogP contribution in [0.25, 0.3) is 11.0 Å². The van der Waals surface area contributed by atoms with Gasteiger partial charge < -0.3 is 15.2 Å². The molecule has 0 saturated heterocycles. The van der Waals surface area contributed by atoms with Crippen molar-refractivity contribution in [3.8, 4) is 11.5 Å². The standard InChI is InChI=1S/C20H19F2N7O3/c1-24-7-11(5-23)29-17-10(6-25-19-12(17)8-26-27-19)9-28(20(29)30)18-15(21)13(31-2)4-14(32-3)16(18)22/h4-8H,9,23H2,1-3H3,(H,25,26,27). The summed E-state index contributed by atoms with van der Waals surface area (Å²) in [4.78, 5) is 24.0. The number of carbonyl (C=O) groups is 1. The Labute approximate surface area is 180 Å². The normalized spacial score (nSPS) is 14.4. The molecule has 2 aromatic heterocycles. The van der Waals surface area contributed by atoms with Crippen molar-refractivity contribution < 1.29 is 23.0 Å². The first-order chi connectivity index (χ1) is 15.5. The van der Waals surface area contributed by atoms with E-state index in [2.05, 4.69) is 20.2 Å². The molecule has 3 heterocycles. The van der Waals surface area contributed by atoms with Crippen molar-refractivity contribution in [2.75, 3.05) is 31.1 Å². The van der Waals surface area contributed by atoms with Gasteiger partial charge in [-0.15, -0.1) is 0 Å². The Bertz CT molecular complexity index is 1240. The van der Waals surface area contributed by atoms with Crippen LogP contribution >= 0.6 is 0 Å². The first-order valence-corrected chi connectivity index (χ1v) is 9.33. The highest BCUT2D eigenvalue weighted by Crippen LogP contribution is 2.42. The third kappa shape index (κ3) is 3.07. The fourth-order valence-electron chi connectivity index (χ4n) is 3.59. The smallest absolute Gasteiger partial charge is 0.334 e. The second kappa shape index (κ2) is 8.13. The third-order valence-corrected chi connectivity index (χ3v) is 5.01. The van der Waals surface area contributed by atoms with E-state index in [-0.39, 0.29) is 23.7 Å². The lowest BCUT2D eigenvalue weighted by Gasteiger charge is -2.37. The van der Waals surface area contributed by atoms with Gasteiger partial charge >= 0.3 is 6.03 Å². The molecule has 0 saturated carbocycles. The number of aliphatic imine (C=N–C) groups is 1. The zero-order valence-corrected chi connectivity index (χ0v) is 17.4. The van der Waals surface area contributed by atoms with Gasteiger partial charge in [0.1, 0.15) is 5.69 Å². The lowest BCUT2D eigenvalue weighted by molar-refractivity contribution is 0.251. The lowest BCUT2D eigenvalue weighted by atomic mass is 10.1. The van der Waals surface area contributed by atoms with Gasteiger partial charge in [0.25, 0.3) is 0 Å². The number of allylic oxidation sites excluding steroid dienone is 1. The van der Waals surface area contributed by atoms with Crippen molar-refractivity contribution in [2.45, 2.75) is 6.54 Å². The number of H-pyrrole nitrogens is 1. The second-order valence-corrected chi connectivity index (χ2v) is 6.70. The summed E-state index contributed by atoms with van der Waals surface area (Å²) in [6.07, 6.45) is 5.52. The molecule has 3 aromatic rings. The SMILES string of the molecule is CN=CC(=CN)N1C(=O)N(c2c(F)c(OC)cc(OC)c2F)Cc2cnc3[nH]ncc3c21. The zero-order chi connectivity index (χ0) is 23.0. The van der Waals surface area contributed by atoms with Gasteiger partial charge in [-0.25, -0.2) is 18.6 Å². The number of aromatic nitrogens is 3. The number of urea groups is 1. The molecule has 2 amide bonds. The van der Waals surface area contributed by atoms with Crippen LogP contribution in [-0.4, -0.2) is 48.7 Å². The first kappa shape index (κ1) is 21.0. The summed E-state index contributed by atoms with van der Waals surface area (Å²) in [5.74, 6) is -2.67. The molecule has 3 N–H and O–H groups in total. The number of fused-ring (bicyclic) bond motifs is 3. The number of hydrogen-bond acceptors (Lipinski definition) is 7. The van der Waals surface area contributed by atoms with E-state index in [0.29, 0.717) is 22.3 Å². The van der Waals surface area contributed by atoms with Crippen LogP contribution in [0.4, 0.5) is 25.0 Å². The number of benzene rings is 1. The highest BCUT2D eigenvalue weighted by Gasteiger charge is 2.39. The number of pyridine rings is 1. The van der Waals surface area contributed by atoms with Gasteiger partial charge in [0.15, 0.2) is 28.8 Å². The summed E-state index contributed by atoms with van der Waals surface area (Å²) in [5, 5.41) is 7.24. The van der Waals surface area contributed by atoms with E-state index in [9.17, 15) is 4.79 Å². The maximum Gasteiger partial charge on any atom is 0.334 e. The second-order valence-electron chi connectivity index (χ2n) is 6.70. The van der Waals surface area contributed by atoms with Gasteiger partial charge in [0.2, 0.25) is 0 Å². The van der Waals surface area contributed by atoms with Crippen molar-refractivity contribution in [2.24, 2.45) is 10.7 Å². The molecule has 1 aliphatic rings. The molecular weight excluding hydrogens is 424 g/mol. The summed E-state index contributed by atoms with van der Waals surface area (Å²) in [7, 11) is 3.96. The van der Waals surface area contributed by atoms with Crippen LogP contribution in [0.1, 0.15) is 5.56 Å². The Morgan fingerprint density at radius 2 is 1.91 bits per heavy atom. The molecule has 0 radical (unpaired) electrons. The van der Waals surface area contributed by atoms with E-state index in [0.717, 1.165) is 11.0 Å². The molecule has 0 unspecified atom stereocenters. The molecule has 0 spiro atoms. The Morgan fingerprint density at radius 1 is 1.22 bits per heavy atom. The maximum atomic E-state index is 15.2. The van der Waals surface area contributed by atoms with Gasteiger partial charge in [0, 0.05) is 37.3 Å². The third-order valence-electron chi connectivity index (χ3n) is 5.01. The molecule has 0 atom stereocenters. The van der Waals surface area contributed by atoms with Crippen molar-refractivity contribution in [3.63, 3.8) is 0 Å². The minimum absolute atomic E-state index is 0.177. The van der Waals surface area contributed by atoms with Crippen LogP contribution in [-0.2, 0) is 6.54 Å². The van der Waals surface area contributed by atoms with E-state index < -0.39 is 23.4 Å². The Kier molecular flexibility index (Phi) is 5.34. The average molecular weight is 443 g/mol. The number of amides is 2. The van der Waals surface area contributed by atoms with Crippen molar-refractivity contribution in [3.05, 3.63) is 47.6 Å². The van der Waals surface area contributed by atoms with Crippen LogP contribution in [0.5, 0.6) is 11.5 Å². The predicted molar refractivity (Wildman–Crippen MR) is 114 cm³/mol. The molecule has 0 fully saturated rings. The first-order valence-electron chi connectivity index (χ1n) is 9.33. The van der Waals surface area contributed by atoms with Crippen molar-refractivity contribution in [1.82, 2.24) is 15.2 Å². The molecule has 0 bridgehead atoms. The van der Waals surface area contributed by atoms with E-state index in [4.69, 9.17) is 15.2 Å². The molecule has 12 heteroatoms. The largest absolute Gasteiger partial charge is 0.493 e. The summed E-state index contributed by atoms with van der Waals surface area (Å²) < 4.78 is 40.5. The number of rotatable bonds is 5. The fourth-order valence-corrected chi connectivity index (χ4v) is 3.59. The number of carbonyl (C=O) groups excluding carboxylic acids is 1. The number of methoxy groups -OCH3 is 2. The van der Waals surface area contributed by atoms with Crippen LogP contribution in [0.15, 0.2) is 35.3 Å². The number of ether oxygens (including phenoxy) is 2. The summed E-state index contributed by atoms with van der Waals surface area (Å²) in [6, 6.07) is 0.302. The van der Waals surface area contributed by atoms with Crippen LogP contribution < -0.4 is 25.0 Å². The van der Waals surface area contributed by atoms with E-state index in [1.54, 1.807) is 0 Å². The van der Waals surface area contributed by atoms with Gasteiger partial charge in [-0.1, -0.05) is 0 Å². The number of nitrogens with two attached hydrogens (primary N) is 1. The number of hydrogen-bond donors (Lipinski definition) is 2. The Balaban J connectivity index is 2.00. The fraction of sp³-hybridized carbons (Fsp3) is 0.200. The quantitative estimate of drug-likeness (QED) is 0.585. The molecule has 32 heavy (non-hydrogen) atoms. The minimum Gasteiger partial charge on any atom is -0.493 e. The summed E-state index contributed by atoms with van der Waals surface area (Å²) in [5.41, 5.74) is 6.69. The van der Waals surface area contributed by atoms with Gasteiger partial charge in [-0.05, 0) is 0 Å².